The van der Waals surface area contributed by atoms with E-state index in [2.05, 4.69) is 153 Å². The van der Waals surface area contributed by atoms with Crippen molar-refractivity contribution in [2.24, 2.45) is 0 Å². The van der Waals surface area contributed by atoms with E-state index in [1.54, 1.807) is 6.08 Å². The molecule has 0 aliphatic heterocycles. The molecular formula is C72H124N2O6P+. The Bertz CT molecular complexity index is 1830. The molecule has 0 spiro atoms. The Kier molecular flexibility index (Phi) is 58.2. The van der Waals surface area contributed by atoms with E-state index in [0.29, 0.717) is 17.4 Å². The van der Waals surface area contributed by atoms with Gasteiger partial charge in [-0.25, -0.2) is 4.57 Å². The van der Waals surface area contributed by atoms with Crippen molar-refractivity contribution in [3.63, 3.8) is 0 Å². The number of aliphatic hydroxyl groups excluding tert-OH is 1. The lowest BCUT2D eigenvalue weighted by molar-refractivity contribution is -0.870. The van der Waals surface area contributed by atoms with Gasteiger partial charge in [-0.15, -0.1) is 0 Å². The number of carbonyl (C=O) groups is 1. The number of rotatable bonds is 58. The molecule has 9 heteroatoms. The van der Waals surface area contributed by atoms with Gasteiger partial charge in [0.15, 0.2) is 0 Å². The molecule has 0 heterocycles. The molecule has 462 valence electrons. The van der Waals surface area contributed by atoms with E-state index < -0.39 is 20.0 Å². The minimum Gasteiger partial charge on any atom is -0.387 e. The highest BCUT2D eigenvalue weighted by atomic mass is 31.2. The number of carbonyl (C=O) groups excluding carboxylic acids is 1. The molecular weight excluding hydrogens is 1020 g/mol. The van der Waals surface area contributed by atoms with E-state index in [9.17, 15) is 19.4 Å². The van der Waals surface area contributed by atoms with Gasteiger partial charge in [0.25, 0.3) is 0 Å². The third kappa shape index (κ3) is 63.8. The third-order valence-corrected chi connectivity index (χ3v) is 14.8. The van der Waals surface area contributed by atoms with Crippen LogP contribution in [0.5, 0.6) is 0 Å². The summed E-state index contributed by atoms with van der Waals surface area (Å²) in [5, 5.41) is 13.9. The Balaban J connectivity index is 4.27. The van der Waals surface area contributed by atoms with Gasteiger partial charge in [-0.2, -0.15) is 0 Å². The van der Waals surface area contributed by atoms with Crippen molar-refractivity contribution in [2.45, 2.75) is 264 Å². The standard InChI is InChI=1S/C72H123N2O6P/c1-6-8-10-12-14-16-18-20-22-24-26-28-30-32-33-34-35-36-37-38-39-40-41-42-44-46-48-50-52-54-56-58-60-62-64-66-72(76)73-70(69-80-81(77,78)79-68-67-74(3,4)5)71(75)65-63-61-59-57-55-53-51-49-47-45-43-31-29-27-25-23-21-19-17-15-13-11-9-7-2/h8,10,14,16,20,22,26,28,32-33,35-36,38-39,41-42,46-49,55,57,63,65,70-71,75H,6-7,9,11-13,15,17-19,21,23-25,27,29-31,34,37,40,43-45,50-54,56,58-62,64,66-69H2,1-5H3,(H-,73,76,77,78)/p+1/b10-8-,16-14-,22-20-,28-26-,33-32-,36-35-,39-38-,42-41-,48-46-,49-47+,57-55+,65-63+. The Morgan fingerprint density at radius 1 is 0.432 bits per heavy atom. The van der Waals surface area contributed by atoms with Gasteiger partial charge < -0.3 is 19.8 Å². The van der Waals surface area contributed by atoms with Gasteiger partial charge in [0, 0.05) is 6.42 Å². The largest absolute Gasteiger partial charge is 0.472 e. The van der Waals surface area contributed by atoms with Crippen LogP contribution in [-0.2, 0) is 18.4 Å². The fraction of sp³-hybridized carbons (Fsp3) is 0.653. The maximum atomic E-state index is 13.0. The van der Waals surface area contributed by atoms with Gasteiger partial charge in [-0.3, -0.25) is 13.8 Å². The number of amides is 1. The zero-order valence-electron chi connectivity index (χ0n) is 52.7. The maximum Gasteiger partial charge on any atom is 0.472 e. The first-order valence-electron chi connectivity index (χ1n) is 32.7. The van der Waals surface area contributed by atoms with E-state index in [1.165, 1.54) is 116 Å². The maximum absolute atomic E-state index is 13.0. The number of likely N-dealkylation sites (N-methyl/N-ethyl adjacent to an activating group) is 1. The highest BCUT2D eigenvalue weighted by Gasteiger charge is 2.27. The van der Waals surface area contributed by atoms with Crippen LogP contribution in [0.4, 0.5) is 0 Å². The van der Waals surface area contributed by atoms with Crippen LogP contribution in [0.1, 0.15) is 251 Å². The lowest BCUT2D eigenvalue weighted by Gasteiger charge is -2.25. The molecule has 0 aliphatic carbocycles. The molecule has 0 aliphatic rings. The predicted molar refractivity (Wildman–Crippen MR) is 354 cm³/mol. The van der Waals surface area contributed by atoms with Crippen molar-refractivity contribution >= 4 is 13.7 Å². The minimum absolute atomic E-state index is 0.0434. The Labute approximate surface area is 499 Å². The molecule has 3 unspecified atom stereocenters. The Morgan fingerprint density at radius 3 is 1.14 bits per heavy atom. The molecule has 0 aromatic carbocycles. The lowest BCUT2D eigenvalue weighted by Crippen LogP contribution is -2.45. The topological polar surface area (TPSA) is 105 Å². The normalized spacial score (nSPS) is 14.7. The summed E-state index contributed by atoms with van der Waals surface area (Å²) in [7, 11) is 1.52. The van der Waals surface area contributed by atoms with Crippen molar-refractivity contribution in [3.05, 3.63) is 146 Å². The molecule has 0 bridgehead atoms. The molecule has 8 nitrogen and oxygen atoms in total. The highest BCUT2D eigenvalue weighted by Crippen LogP contribution is 2.43. The number of hydrogen-bond acceptors (Lipinski definition) is 5. The van der Waals surface area contributed by atoms with Crippen LogP contribution in [-0.4, -0.2) is 73.4 Å². The van der Waals surface area contributed by atoms with Crippen LogP contribution in [0.15, 0.2) is 146 Å². The first kappa shape index (κ1) is 77.4. The summed E-state index contributed by atoms with van der Waals surface area (Å²) in [6.07, 6.45) is 94.0. The molecule has 0 rings (SSSR count). The summed E-state index contributed by atoms with van der Waals surface area (Å²) in [6.45, 7) is 4.66. The van der Waals surface area contributed by atoms with Gasteiger partial charge in [0.2, 0.25) is 5.91 Å². The predicted octanol–water partition coefficient (Wildman–Crippen LogP) is 20.8. The van der Waals surface area contributed by atoms with E-state index >= 15 is 0 Å². The van der Waals surface area contributed by atoms with Gasteiger partial charge in [-0.05, 0) is 116 Å². The summed E-state index contributed by atoms with van der Waals surface area (Å²) in [5.41, 5.74) is 0. The molecule has 81 heavy (non-hydrogen) atoms. The summed E-state index contributed by atoms with van der Waals surface area (Å²) in [4.78, 5) is 23.4. The molecule has 3 atom stereocenters. The van der Waals surface area contributed by atoms with E-state index in [0.717, 1.165) is 116 Å². The van der Waals surface area contributed by atoms with Crippen molar-refractivity contribution < 1.29 is 32.9 Å². The number of quaternary nitrogens is 1. The fourth-order valence-corrected chi connectivity index (χ4v) is 9.45. The number of aliphatic hydroxyl groups is 1. The third-order valence-electron chi connectivity index (χ3n) is 13.8. The Hall–Kier alpha value is -3.62. The fourth-order valence-electron chi connectivity index (χ4n) is 8.71. The molecule has 1 amide bonds. The van der Waals surface area contributed by atoms with Crippen LogP contribution in [0.2, 0.25) is 0 Å². The first-order valence-corrected chi connectivity index (χ1v) is 34.2. The number of unbranched alkanes of at least 4 members (excludes halogenated alkanes) is 23. The monoisotopic (exact) mass is 1140 g/mol. The van der Waals surface area contributed by atoms with E-state index in [4.69, 9.17) is 9.05 Å². The second-order valence-corrected chi connectivity index (χ2v) is 24.2. The van der Waals surface area contributed by atoms with E-state index in [1.807, 2.05) is 27.2 Å². The first-order chi connectivity index (χ1) is 39.5. The van der Waals surface area contributed by atoms with E-state index in [-0.39, 0.29) is 19.1 Å². The number of allylic oxidation sites excluding steroid dienone is 23. The van der Waals surface area contributed by atoms with Crippen LogP contribution >= 0.6 is 7.82 Å². The zero-order chi connectivity index (χ0) is 59.1. The quantitative estimate of drug-likeness (QED) is 0.0243. The number of phosphoric ester groups is 1. The van der Waals surface area contributed by atoms with Crippen molar-refractivity contribution in [2.75, 3.05) is 40.9 Å². The molecule has 0 aromatic heterocycles. The van der Waals surface area contributed by atoms with Crippen molar-refractivity contribution in [1.29, 1.82) is 0 Å². The zero-order valence-corrected chi connectivity index (χ0v) is 53.6. The molecule has 0 saturated heterocycles. The van der Waals surface area contributed by atoms with Crippen LogP contribution in [0.25, 0.3) is 0 Å². The van der Waals surface area contributed by atoms with Crippen LogP contribution in [0, 0.1) is 0 Å². The SMILES string of the molecule is CC/C=C\C/C=C\C/C=C\C/C=C\C/C=C\C/C=C\C/C=C\C/C=C\C/C=C\CCCCCCCCCC(=O)NC(COP(=O)(O)OCC[N+](C)(C)C)C(O)/C=C/CC/C=C/CC/C=C/CCCCCCCCCCCCCCCC. The molecule has 3 N–H and O–H groups in total. The second kappa shape index (κ2) is 61.0. The molecule has 0 radical (unpaired) electrons. The lowest BCUT2D eigenvalue weighted by atomic mass is 10.0. The van der Waals surface area contributed by atoms with Gasteiger partial charge in [0.1, 0.15) is 13.2 Å². The number of nitrogens with one attached hydrogen (secondary N) is 1. The average Bonchev–Trinajstić information content (AvgIpc) is 3.43. The molecule has 0 aromatic rings. The average molecular weight is 1140 g/mol. The molecule has 0 saturated carbocycles. The van der Waals surface area contributed by atoms with Crippen molar-refractivity contribution in [3.8, 4) is 0 Å². The van der Waals surface area contributed by atoms with Gasteiger partial charge in [0.05, 0.1) is 39.9 Å². The van der Waals surface area contributed by atoms with Gasteiger partial charge >= 0.3 is 7.82 Å². The van der Waals surface area contributed by atoms with Gasteiger partial charge in [-0.1, -0.05) is 275 Å². The Morgan fingerprint density at radius 2 is 0.753 bits per heavy atom. The molecule has 0 fully saturated rings. The number of hydrogen-bond donors (Lipinski definition) is 3. The summed E-state index contributed by atoms with van der Waals surface area (Å²) >= 11 is 0. The summed E-state index contributed by atoms with van der Waals surface area (Å²) in [6, 6.07) is -0.888. The number of phosphoric acid groups is 1. The minimum atomic E-state index is -4.38. The van der Waals surface area contributed by atoms with Crippen LogP contribution in [0.3, 0.4) is 0 Å². The summed E-state index contributed by atoms with van der Waals surface area (Å²) in [5.74, 6) is -0.207. The summed E-state index contributed by atoms with van der Waals surface area (Å²) < 4.78 is 23.7. The van der Waals surface area contributed by atoms with Crippen LogP contribution < -0.4 is 5.32 Å². The highest BCUT2D eigenvalue weighted by molar-refractivity contribution is 7.47. The smallest absolute Gasteiger partial charge is 0.387 e. The second-order valence-electron chi connectivity index (χ2n) is 22.7. The van der Waals surface area contributed by atoms with Crippen molar-refractivity contribution in [1.82, 2.24) is 5.32 Å². The number of nitrogens with zero attached hydrogens (tertiary/aromatic N) is 1.